The van der Waals surface area contributed by atoms with E-state index >= 15 is 0 Å². The Kier molecular flexibility index (Phi) is 6.15. The van der Waals surface area contributed by atoms with E-state index in [-0.39, 0.29) is 18.4 Å². The molecular formula is C18H27NO3. The quantitative estimate of drug-likeness (QED) is 0.871. The number of anilines is 1. The summed E-state index contributed by atoms with van der Waals surface area (Å²) in [5.41, 5.74) is 4.00. The Balaban J connectivity index is 3.25. The number of carbonyl (C=O) groups excluding carboxylic acids is 1. The molecule has 0 bridgehead atoms. The Bertz CT molecular complexity index is 540. The second-order valence-corrected chi connectivity index (χ2v) is 6.59. The van der Waals surface area contributed by atoms with Gasteiger partial charge in [0.2, 0.25) is 5.91 Å². The SMILES string of the molecule is Cc1cc(C)c(N(CC(C)C(=O)O)C(=O)CC(C)C)c(C)c1. The maximum Gasteiger partial charge on any atom is 0.308 e. The average molecular weight is 305 g/mol. The predicted octanol–water partition coefficient (Wildman–Crippen LogP) is 3.71. The van der Waals surface area contributed by atoms with Crippen molar-refractivity contribution in [3.05, 3.63) is 28.8 Å². The molecule has 122 valence electrons. The maximum atomic E-state index is 12.6. The zero-order valence-electron chi connectivity index (χ0n) is 14.4. The highest BCUT2D eigenvalue weighted by molar-refractivity contribution is 5.95. The van der Waals surface area contributed by atoms with Gasteiger partial charge in [-0.05, 0) is 37.8 Å². The number of hydrogen-bond donors (Lipinski definition) is 1. The van der Waals surface area contributed by atoms with Crippen LogP contribution < -0.4 is 4.90 Å². The van der Waals surface area contributed by atoms with Crippen LogP contribution in [-0.4, -0.2) is 23.5 Å². The number of amides is 1. The van der Waals surface area contributed by atoms with Gasteiger partial charge in [0.05, 0.1) is 5.92 Å². The van der Waals surface area contributed by atoms with Crippen LogP contribution in [0, 0.1) is 32.6 Å². The van der Waals surface area contributed by atoms with Crippen molar-refractivity contribution in [3.8, 4) is 0 Å². The fourth-order valence-electron chi connectivity index (χ4n) is 2.73. The van der Waals surface area contributed by atoms with Crippen LogP contribution in [0.2, 0.25) is 0 Å². The molecule has 0 saturated carbocycles. The molecule has 1 rings (SSSR count). The van der Waals surface area contributed by atoms with E-state index in [1.807, 2.05) is 46.8 Å². The Morgan fingerprint density at radius 3 is 2.00 bits per heavy atom. The van der Waals surface area contributed by atoms with Gasteiger partial charge in [-0.25, -0.2) is 0 Å². The first-order valence-corrected chi connectivity index (χ1v) is 7.74. The summed E-state index contributed by atoms with van der Waals surface area (Å²) in [5, 5.41) is 9.19. The van der Waals surface area contributed by atoms with Crippen molar-refractivity contribution in [3.63, 3.8) is 0 Å². The second kappa shape index (κ2) is 7.43. The van der Waals surface area contributed by atoms with Crippen LogP contribution in [-0.2, 0) is 9.59 Å². The molecule has 0 saturated heterocycles. The van der Waals surface area contributed by atoms with E-state index in [1.165, 1.54) is 0 Å². The third-order valence-electron chi connectivity index (χ3n) is 3.67. The summed E-state index contributed by atoms with van der Waals surface area (Å²) in [7, 11) is 0. The lowest BCUT2D eigenvalue weighted by Crippen LogP contribution is -2.38. The fraction of sp³-hybridized carbons (Fsp3) is 0.556. The smallest absolute Gasteiger partial charge is 0.308 e. The van der Waals surface area contributed by atoms with Gasteiger partial charge in [0, 0.05) is 18.7 Å². The summed E-state index contributed by atoms with van der Waals surface area (Å²) < 4.78 is 0. The maximum absolute atomic E-state index is 12.6. The molecule has 1 amide bonds. The van der Waals surface area contributed by atoms with E-state index in [1.54, 1.807) is 11.8 Å². The number of carbonyl (C=O) groups is 2. The van der Waals surface area contributed by atoms with Crippen LogP contribution in [0.4, 0.5) is 5.69 Å². The molecular weight excluding hydrogens is 278 g/mol. The minimum atomic E-state index is -0.884. The Morgan fingerprint density at radius 2 is 1.59 bits per heavy atom. The van der Waals surface area contributed by atoms with Crippen molar-refractivity contribution in [1.29, 1.82) is 0 Å². The monoisotopic (exact) mass is 305 g/mol. The van der Waals surface area contributed by atoms with E-state index < -0.39 is 11.9 Å². The zero-order valence-corrected chi connectivity index (χ0v) is 14.4. The summed E-state index contributed by atoms with van der Waals surface area (Å²) in [6.07, 6.45) is 0.416. The number of benzene rings is 1. The predicted molar refractivity (Wildman–Crippen MR) is 89.3 cm³/mol. The van der Waals surface area contributed by atoms with Crippen molar-refractivity contribution in [1.82, 2.24) is 0 Å². The van der Waals surface area contributed by atoms with Gasteiger partial charge < -0.3 is 10.0 Å². The molecule has 0 spiro atoms. The Labute approximate surface area is 133 Å². The van der Waals surface area contributed by atoms with Crippen LogP contribution in [0.15, 0.2) is 12.1 Å². The Hall–Kier alpha value is -1.84. The molecule has 1 unspecified atom stereocenters. The van der Waals surface area contributed by atoms with Crippen molar-refractivity contribution in [2.75, 3.05) is 11.4 Å². The third kappa shape index (κ3) is 4.58. The molecule has 0 aliphatic rings. The standard InChI is InChI=1S/C18H27NO3/c1-11(2)7-16(20)19(10-15(6)18(21)22)17-13(4)8-12(3)9-14(17)5/h8-9,11,15H,7,10H2,1-6H3,(H,21,22). The largest absolute Gasteiger partial charge is 0.481 e. The first-order chi connectivity index (χ1) is 10.1. The summed E-state index contributed by atoms with van der Waals surface area (Å²) in [6.45, 7) is 11.8. The van der Waals surface area contributed by atoms with Crippen molar-refractivity contribution >= 4 is 17.6 Å². The minimum absolute atomic E-state index is 0.0156. The first-order valence-electron chi connectivity index (χ1n) is 7.74. The topological polar surface area (TPSA) is 57.6 Å². The lowest BCUT2D eigenvalue weighted by atomic mass is 10.0. The number of aliphatic carboxylic acids is 1. The van der Waals surface area contributed by atoms with Gasteiger partial charge in [-0.1, -0.05) is 38.5 Å². The highest BCUT2D eigenvalue weighted by atomic mass is 16.4. The van der Waals surface area contributed by atoms with Gasteiger partial charge in [0.25, 0.3) is 0 Å². The minimum Gasteiger partial charge on any atom is -0.481 e. The molecule has 4 nitrogen and oxygen atoms in total. The van der Waals surface area contributed by atoms with E-state index in [0.717, 1.165) is 22.4 Å². The van der Waals surface area contributed by atoms with E-state index in [9.17, 15) is 14.7 Å². The molecule has 22 heavy (non-hydrogen) atoms. The summed E-state index contributed by atoms with van der Waals surface area (Å²) >= 11 is 0. The van der Waals surface area contributed by atoms with Crippen LogP contribution in [0.5, 0.6) is 0 Å². The lowest BCUT2D eigenvalue weighted by molar-refractivity contribution is -0.140. The molecule has 0 radical (unpaired) electrons. The summed E-state index contributed by atoms with van der Waals surface area (Å²) in [4.78, 5) is 25.5. The van der Waals surface area contributed by atoms with Gasteiger partial charge in [-0.3, -0.25) is 9.59 Å². The summed E-state index contributed by atoms with van der Waals surface area (Å²) in [6, 6.07) is 4.06. The molecule has 0 aromatic heterocycles. The summed E-state index contributed by atoms with van der Waals surface area (Å²) in [5.74, 6) is -1.26. The highest BCUT2D eigenvalue weighted by Crippen LogP contribution is 2.28. The van der Waals surface area contributed by atoms with E-state index in [4.69, 9.17) is 0 Å². The molecule has 0 aliphatic heterocycles. The molecule has 1 N–H and O–H groups in total. The van der Waals surface area contributed by atoms with Gasteiger partial charge in [0.15, 0.2) is 0 Å². The average Bonchev–Trinajstić information content (AvgIpc) is 2.34. The number of nitrogens with zero attached hydrogens (tertiary/aromatic N) is 1. The molecule has 1 atom stereocenters. The zero-order chi connectivity index (χ0) is 17.0. The number of rotatable bonds is 6. The second-order valence-electron chi connectivity index (χ2n) is 6.59. The number of hydrogen-bond acceptors (Lipinski definition) is 2. The molecule has 1 aromatic rings. The molecule has 4 heteroatoms. The number of aryl methyl sites for hydroxylation is 3. The first kappa shape index (κ1) is 18.2. The normalized spacial score (nSPS) is 12.3. The molecule has 1 aromatic carbocycles. The Morgan fingerprint density at radius 1 is 1.09 bits per heavy atom. The van der Waals surface area contributed by atoms with Crippen LogP contribution in [0.1, 0.15) is 43.9 Å². The fourth-order valence-corrected chi connectivity index (χ4v) is 2.73. The number of carboxylic acid groups (broad SMARTS) is 1. The van der Waals surface area contributed by atoms with Crippen molar-refractivity contribution in [2.24, 2.45) is 11.8 Å². The molecule has 0 fully saturated rings. The number of carboxylic acids is 1. The third-order valence-corrected chi connectivity index (χ3v) is 3.67. The van der Waals surface area contributed by atoms with Gasteiger partial charge in [0.1, 0.15) is 0 Å². The van der Waals surface area contributed by atoms with E-state index in [2.05, 4.69) is 0 Å². The lowest BCUT2D eigenvalue weighted by Gasteiger charge is -2.29. The van der Waals surface area contributed by atoms with Gasteiger partial charge >= 0.3 is 5.97 Å². The molecule has 0 aliphatic carbocycles. The van der Waals surface area contributed by atoms with Crippen LogP contribution in [0.25, 0.3) is 0 Å². The van der Waals surface area contributed by atoms with Crippen LogP contribution >= 0.6 is 0 Å². The van der Waals surface area contributed by atoms with Crippen molar-refractivity contribution in [2.45, 2.75) is 48.0 Å². The highest BCUT2D eigenvalue weighted by Gasteiger charge is 2.25. The van der Waals surface area contributed by atoms with E-state index in [0.29, 0.717) is 6.42 Å². The van der Waals surface area contributed by atoms with Crippen LogP contribution in [0.3, 0.4) is 0 Å². The van der Waals surface area contributed by atoms with Crippen molar-refractivity contribution < 1.29 is 14.7 Å². The van der Waals surface area contributed by atoms with Gasteiger partial charge in [-0.2, -0.15) is 0 Å². The van der Waals surface area contributed by atoms with Gasteiger partial charge in [-0.15, -0.1) is 0 Å². The molecule has 0 heterocycles.